The molecule has 0 fully saturated rings. The van der Waals surface area contributed by atoms with E-state index in [4.69, 9.17) is 10.5 Å². The number of allylic oxidation sites excluding steroid dienone is 1. The topological polar surface area (TPSA) is 77.2 Å². The maximum Gasteiger partial charge on any atom is 0.407 e. The van der Waals surface area contributed by atoms with Crippen molar-refractivity contribution in [2.45, 2.75) is 52.2 Å². The van der Waals surface area contributed by atoms with Crippen molar-refractivity contribution in [1.82, 2.24) is 10.3 Å². The Balaban J connectivity index is 2.12. The van der Waals surface area contributed by atoms with Crippen molar-refractivity contribution >= 4 is 6.09 Å². The van der Waals surface area contributed by atoms with Gasteiger partial charge in [-0.3, -0.25) is 4.98 Å². The molecule has 0 saturated heterocycles. The number of carbonyl (C=O) groups is 1. The van der Waals surface area contributed by atoms with Crippen LogP contribution in [0.3, 0.4) is 0 Å². The van der Waals surface area contributed by atoms with E-state index in [0.29, 0.717) is 0 Å². The molecule has 2 rings (SSSR count). The highest BCUT2D eigenvalue weighted by atomic mass is 16.6. The van der Waals surface area contributed by atoms with E-state index in [1.807, 2.05) is 45.9 Å². The number of rotatable bonds is 3. The molecule has 1 unspecified atom stereocenters. The summed E-state index contributed by atoms with van der Waals surface area (Å²) in [5.74, 6) is 0.0698. The van der Waals surface area contributed by atoms with Crippen LogP contribution in [0.4, 0.5) is 4.79 Å². The second-order valence-electron chi connectivity index (χ2n) is 7.09. The van der Waals surface area contributed by atoms with Gasteiger partial charge < -0.3 is 15.8 Å². The zero-order chi connectivity index (χ0) is 16.5. The Hall–Kier alpha value is -2.04. The van der Waals surface area contributed by atoms with Crippen molar-refractivity contribution in [3.05, 3.63) is 41.9 Å². The summed E-state index contributed by atoms with van der Waals surface area (Å²) < 4.78 is 5.33. The fourth-order valence-corrected chi connectivity index (χ4v) is 2.91. The maximum atomic E-state index is 12.0. The smallest absolute Gasteiger partial charge is 0.407 e. The minimum atomic E-state index is -0.510. The summed E-state index contributed by atoms with van der Waals surface area (Å²) in [6.07, 6.45) is 5.12. The van der Waals surface area contributed by atoms with Gasteiger partial charge in [0.15, 0.2) is 0 Å². The summed E-state index contributed by atoms with van der Waals surface area (Å²) in [5, 5.41) is 2.92. The fraction of sp³-hybridized carbons (Fsp3) is 0.529. The van der Waals surface area contributed by atoms with E-state index in [9.17, 15) is 4.79 Å². The van der Waals surface area contributed by atoms with Crippen LogP contribution in [-0.4, -0.2) is 22.7 Å². The first-order valence-corrected chi connectivity index (χ1v) is 7.51. The molecule has 1 aliphatic rings. The van der Waals surface area contributed by atoms with Crippen LogP contribution in [0.2, 0.25) is 0 Å². The highest BCUT2D eigenvalue weighted by molar-refractivity contribution is 5.68. The SMILES string of the molecule is C[C@@H](NC(=O)OC(C)(C)C)[C@]1(C)C=C(N)C1c1ccncc1. The van der Waals surface area contributed by atoms with Gasteiger partial charge in [0.05, 0.1) is 0 Å². The van der Waals surface area contributed by atoms with Gasteiger partial charge in [0, 0.05) is 35.5 Å². The lowest BCUT2D eigenvalue weighted by molar-refractivity contribution is 0.0461. The summed E-state index contributed by atoms with van der Waals surface area (Å²) in [6, 6.07) is 3.82. The second kappa shape index (κ2) is 5.63. The zero-order valence-corrected chi connectivity index (χ0v) is 13.9. The van der Waals surface area contributed by atoms with E-state index < -0.39 is 11.7 Å². The molecule has 0 aliphatic heterocycles. The largest absolute Gasteiger partial charge is 0.444 e. The predicted octanol–water partition coefficient (Wildman–Crippen LogP) is 2.94. The number of ether oxygens (including phenoxy) is 1. The molecule has 1 amide bonds. The lowest BCUT2D eigenvalue weighted by Gasteiger charge is -2.48. The number of nitrogens with zero attached hydrogens (tertiary/aromatic N) is 1. The molecule has 0 aromatic carbocycles. The van der Waals surface area contributed by atoms with Gasteiger partial charge in [-0.2, -0.15) is 0 Å². The maximum absolute atomic E-state index is 12.0. The summed E-state index contributed by atoms with van der Waals surface area (Å²) in [5.41, 5.74) is 7.27. The van der Waals surface area contributed by atoms with Crippen molar-refractivity contribution in [2.75, 3.05) is 0 Å². The first-order valence-electron chi connectivity index (χ1n) is 7.51. The Morgan fingerprint density at radius 2 is 2.00 bits per heavy atom. The quantitative estimate of drug-likeness (QED) is 0.900. The van der Waals surface area contributed by atoms with Gasteiger partial charge in [0.1, 0.15) is 5.60 Å². The number of pyridine rings is 1. The van der Waals surface area contributed by atoms with Gasteiger partial charge in [-0.25, -0.2) is 4.79 Å². The molecule has 3 N–H and O–H groups in total. The van der Waals surface area contributed by atoms with Crippen molar-refractivity contribution < 1.29 is 9.53 Å². The Labute approximate surface area is 131 Å². The number of aromatic nitrogens is 1. The van der Waals surface area contributed by atoms with Crippen LogP contribution >= 0.6 is 0 Å². The van der Waals surface area contributed by atoms with Gasteiger partial charge in [-0.1, -0.05) is 13.0 Å². The number of nitrogens with one attached hydrogen (secondary N) is 1. The molecule has 0 spiro atoms. The number of amides is 1. The summed E-state index contributed by atoms with van der Waals surface area (Å²) in [7, 11) is 0. The third-order valence-corrected chi connectivity index (χ3v) is 4.14. The highest BCUT2D eigenvalue weighted by Crippen LogP contribution is 2.51. The minimum absolute atomic E-state index is 0.0698. The number of carbonyl (C=O) groups excluding carboxylic acids is 1. The lowest BCUT2D eigenvalue weighted by Crippen LogP contribution is -2.53. The minimum Gasteiger partial charge on any atom is -0.444 e. The number of nitrogens with two attached hydrogens (primary N) is 1. The normalized spacial score (nSPS) is 25.7. The molecule has 120 valence electrons. The third-order valence-electron chi connectivity index (χ3n) is 4.14. The van der Waals surface area contributed by atoms with E-state index in [2.05, 4.69) is 17.2 Å². The van der Waals surface area contributed by atoms with E-state index in [1.165, 1.54) is 0 Å². The average Bonchev–Trinajstić information content (AvgIpc) is 2.36. The van der Waals surface area contributed by atoms with Gasteiger partial charge >= 0.3 is 6.09 Å². The number of hydrogen-bond acceptors (Lipinski definition) is 4. The van der Waals surface area contributed by atoms with Crippen LogP contribution < -0.4 is 11.1 Å². The molecule has 1 aliphatic carbocycles. The van der Waals surface area contributed by atoms with Gasteiger partial charge in [-0.05, 0) is 45.4 Å². The van der Waals surface area contributed by atoms with Crippen LogP contribution in [-0.2, 0) is 4.74 Å². The van der Waals surface area contributed by atoms with Crippen molar-refractivity contribution in [3.63, 3.8) is 0 Å². The third kappa shape index (κ3) is 3.24. The molecule has 3 atom stereocenters. The van der Waals surface area contributed by atoms with E-state index >= 15 is 0 Å². The predicted molar refractivity (Wildman–Crippen MR) is 86.2 cm³/mol. The Bertz CT molecular complexity index is 577. The van der Waals surface area contributed by atoms with Gasteiger partial charge in [0.2, 0.25) is 0 Å². The van der Waals surface area contributed by atoms with Crippen LogP contribution in [0.5, 0.6) is 0 Å². The monoisotopic (exact) mass is 303 g/mol. The van der Waals surface area contributed by atoms with Gasteiger partial charge in [-0.15, -0.1) is 0 Å². The fourth-order valence-electron chi connectivity index (χ4n) is 2.91. The van der Waals surface area contributed by atoms with Crippen molar-refractivity contribution in [2.24, 2.45) is 11.1 Å². The van der Waals surface area contributed by atoms with Crippen LogP contribution in [0.25, 0.3) is 0 Å². The molecule has 1 aromatic heterocycles. The Morgan fingerprint density at radius 3 is 2.50 bits per heavy atom. The Morgan fingerprint density at radius 1 is 1.41 bits per heavy atom. The molecule has 0 bridgehead atoms. The highest BCUT2D eigenvalue weighted by Gasteiger charge is 2.47. The summed E-state index contributed by atoms with van der Waals surface area (Å²) in [4.78, 5) is 16.0. The standard InChI is InChI=1S/C17H25N3O2/c1-11(20-15(21)22-16(2,3)4)17(5)10-13(18)14(17)12-6-8-19-9-7-12/h6-11,14H,18H2,1-5H3,(H,20,21)/t11-,14?,17+/m1/s1. The zero-order valence-electron chi connectivity index (χ0n) is 13.9. The average molecular weight is 303 g/mol. The van der Waals surface area contributed by atoms with Crippen LogP contribution in [0, 0.1) is 5.41 Å². The molecule has 1 aromatic rings. The molecule has 1 heterocycles. The second-order valence-corrected chi connectivity index (χ2v) is 7.09. The van der Waals surface area contributed by atoms with Gasteiger partial charge in [0.25, 0.3) is 0 Å². The summed E-state index contributed by atoms with van der Waals surface area (Å²) in [6.45, 7) is 9.61. The van der Waals surface area contributed by atoms with Crippen LogP contribution in [0.15, 0.2) is 36.3 Å². The number of alkyl carbamates (subject to hydrolysis) is 1. The van der Waals surface area contributed by atoms with E-state index in [-0.39, 0.29) is 17.4 Å². The molecular formula is C17H25N3O2. The summed E-state index contributed by atoms with van der Waals surface area (Å²) >= 11 is 0. The lowest BCUT2D eigenvalue weighted by atomic mass is 9.60. The molecule has 0 radical (unpaired) electrons. The number of hydrogen-bond donors (Lipinski definition) is 2. The molecule has 22 heavy (non-hydrogen) atoms. The first-order chi connectivity index (χ1) is 10.1. The molecule has 0 saturated carbocycles. The Kier molecular flexibility index (Phi) is 4.18. The molecule has 5 heteroatoms. The first kappa shape index (κ1) is 16.3. The van der Waals surface area contributed by atoms with Crippen molar-refractivity contribution in [1.29, 1.82) is 0 Å². The van der Waals surface area contributed by atoms with Crippen LogP contribution in [0.1, 0.15) is 46.1 Å². The molecular weight excluding hydrogens is 278 g/mol. The van der Waals surface area contributed by atoms with E-state index in [0.717, 1.165) is 11.3 Å². The van der Waals surface area contributed by atoms with E-state index in [1.54, 1.807) is 12.4 Å². The molecule has 5 nitrogen and oxygen atoms in total. The van der Waals surface area contributed by atoms with Crippen molar-refractivity contribution in [3.8, 4) is 0 Å².